The maximum absolute atomic E-state index is 12.7. The van der Waals surface area contributed by atoms with Crippen LogP contribution < -0.4 is 30.1 Å². The van der Waals surface area contributed by atoms with Gasteiger partial charge in [-0.05, 0) is 36.8 Å². The molecule has 1 unspecified atom stereocenters. The van der Waals surface area contributed by atoms with Gasteiger partial charge in [-0.15, -0.1) is 0 Å². The van der Waals surface area contributed by atoms with Gasteiger partial charge in [-0.1, -0.05) is 25.1 Å². The Morgan fingerprint density at radius 1 is 1.00 bits per heavy atom. The van der Waals surface area contributed by atoms with Crippen LogP contribution in [0.1, 0.15) is 13.3 Å². The van der Waals surface area contributed by atoms with Crippen molar-refractivity contribution in [1.82, 2.24) is 9.97 Å². The van der Waals surface area contributed by atoms with Crippen molar-refractivity contribution in [3.63, 3.8) is 0 Å². The van der Waals surface area contributed by atoms with Crippen LogP contribution in [0.4, 0.5) is 28.7 Å². The number of hydrogen-bond donors (Lipinski definition) is 4. The van der Waals surface area contributed by atoms with Gasteiger partial charge in [0.25, 0.3) is 11.3 Å². The molecule has 0 saturated carbocycles. The van der Waals surface area contributed by atoms with E-state index in [2.05, 4.69) is 20.6 Å². The number of para-hydroxylation sites is 2. The molecule has 12 heteroatoms. The average Bonchev–Trinajstić information content (AvgIpc) is 2.92. The molecule has 3 aromatic carbocycles. The van der Waals surface area contributed by atoms with Crippen LogP contribution >= 0.6 is 0 Å². The number of anilines is 5. The van der Waals surface area contributed by atoms with Crippen molar-refractivity contribution >= 4 is 56.9 Å². The quantitative estimate of drug-likeness (QED) is 0.217. The Morgan fingerprint density at radius 3 is 2.26 bits per heavy atom. The molecule has 198 valence electrons. The van der Waals surface area contributed by atoms with Crippen molar-refractivity contribution in [1.29, 1.82) is 0 Å². The summed E-state index contributed by atoms with van der Waals surface area (Å²) < 4.78 is 35.0. The molecule has 0 spiro atoms. The molecule has 1 heterocycles. The minimum absolute atomic E-state index is 0.0834. The van der Waals surface area contributed by atoms with E-state index in [1.165, 1.54) is 14.2 Å². The third-order valence-electron chi connectivity index (χ3n) is 5.64. The predicted molar refractivity (Wildman–Crippen MR) is 149 cm³/mol. The molecule has 0 aliphatic carbocycles. The van der Waals surface area contributed by atoms with Crippen LogP contribution in [-0.4, -0.2) is 44.9 Å². The minimum atomic E-state index is -2.56. The van der Waals surface area contributed by atoms with E-state index in [0.717, 1.165) is 4.31 Å². The second kappa shape index (κ2) is 11.9. The lowest BCUT2D eigenvalue weighted by Gasteiger charge is -2.23. The Hall–Kier alpha value is -4.26. The van der Waals surface area contributed by atoms with Crippen LogP contribution in [0.15, 0.2) is 66.7 Å². The van der Waals surface area contributed by atoms with Crippen LogP contribution in [0.2, 0.25) is 0 Å². The molecule has 0 aliphatic heterocycles. The standard InChI is InChI=1S/C26H28N6O5S/c1-4-21(27)26(33)29-16-8-7-9-18(12-16)32(38(34)35)25-24(30-22-10-5-6-11-23(22)31-25)28-17-13-19(36-2)15-20(14-17)37-3/h5-15,21H,4,27H2,1-3H3,(H,28,30)(H,29,33)(H,34,35)/t21-/m0/s1. The van der Waals surface area contributed by atoms with Gasteiger partial charge in [0, 0.05) is 29.6 Å². The molecule has 0 saturated heterocycles. The fourth-order valence-corrected chi connectivity index (χ4v) is 4.22. The number of rotatable bonds is 10. The number of methoxy groups -OCH3 is 2. The summed E-state index contributed by atoms with van der Waals surface area (Å²) in [5, 5.41) is 5.92. The fraction of sp³-hybridized carbons (Fsp3) is 0.192. The van der Waals surface area contributed by atoms with Crippen LogP contribution in [0.5, 0.6) is 11.5 Å². The number of ether oxygens (including phenoxy) is 2. The molecule has 2 atom stereocenters. The summed E-state index contributed by atoms with van der Waals surface area (Å²) >= 11 is -2.56. The van der Waals surface area contributed by atoms with Gasteiger partial charge in [-0.2, -0.15) is 0 Å². The molecule has 0 aliphatic rings. The lowest BCUT2D eigenvalue weighted by atomic mass is 10.2. The maximum Gasteiger partial charge on any atom is 0.268 e. The monoisotopic (exact) mass is 536 g/mol. The highest BCUT2D eigenvalue weighted by Gasteiger charge is 2.24. The molecule has 0 bridgehead atoms. The van der Waals surface area contributed by atoms with Gasteiger partial charge in [0.1, 0.15) is 11.5 Å². The summed E-state index contributed by atoms with van der Waals surface area (Å²) in [6.07, 6.45) is 0.467. The normalized spacial score (nSPS) is 12.4. The number of hydrogen-bond acceptors (Lipinski definition) is 8. The van der Waals surface area contributed by atoms with Crippen molar-refractivity contribution in [3.8, 4) is 11.5 Å². The minimum Gasteiger partial charge on any atom is -0.497 e. The highest BCUT2D eigenvalue weighted by molar-refractivity contribution is 7.81. The first kappa shape index (κ1) is 26.8. The van der Waals surface area contributed by atoms with Gasteiger partial charge in [0.05, 0.1) is 37.0 Å². The number of fused-ring (bicyclic) bond motifs is 1. The second-order valence-electron chi connectivity index (χ2n) is 8.19. The summed E-state index contributed by atoms with van der Waals surface area (Å²) in [6.45, 7) is 1.81. The van der Waals surface area contributed by atoms with Gasteiger partial charge < -0.3 is 25.8 Å². The molecule has 4 aromatic rings. The Bertz CT molecular complexity index is 1460. The van der Waals surface area contributed by atoms with E-state index < -0.39 is 17.3 Å². The Labute approximate surface area is 222 Å². The van der Waals surface area contributed by atoms with Gasteiger partial charge in [-0.3, -0.25) is 9.35 Å². The van der Waals surface area contributed by atoms with E-state index in [0.29, 0.717) is 46.0 Å². The summed E-state index contributed by atoms with van der Waals surface area (Å²) in [4.78, 5) is 21.7. The number of amides is 1. The van der Waals surface area contributed by atoms with E-state index in [9.17, 15) is 13.6 Å². The summed E-state index contributed by atoms with van der Waals surface area (Å²) in [5.41, 5.74) is 8.19. The number of carbonyl (C=O) groups excluding carboxylic acids is 1. The smallest absolute Gasteiger partial charge is 0.268 e. The van der Waals surface area contributed by atoms with Crippen LogP contribution in [0, 0.1) is 0 Å². The molecular formula is C26H28N6O5S. The first-order valence-electron chi connectivity index (χ1n) is 11.7. The third-order valence-corrected chi connectivity index (χ3v) is 6.34. The van der Waals surface area contributed by atoms with Crippen LogP contribution in [0.3, 0.4) is 0 Å². The molecular weight excluding hydrogens is 508 g/mol. The van der Waals surface area contributed by atoms with Gasteiger partial charge >= 0.3 is 0 Å². The zero-order valence-electron chi connectivity index (χ0n) is 21.0. The summed E-state index contributed by atoms with van der Waals surface area (Å²) in [6, 6.07) is 18.2. The predicted octanol–water partition coefficient (Wildman–Crippen LogP) is 4.34. The van der Waals surface area contributed by atoms with E-state index in [1.54, 1.807) is 60.7 Å². The number of aromatic nitrogens is 2. The highest BCUT2D eigenvalue weighted by Crippen LogP contribution is 2.36. The Kier molecular flexibility index (Phi) is 8.36. The van der Waals surface area contributed by atoms with E-state index in [-0.39, 0.29) is 17.5 Å². The van der Waals surface area contributed by atoms with Gasteiger partial charge in [0.2, 0.25) is 5.91 Å². The van der Waals surface area contributed by atoms with E-state index in [4.69, 9.17) is 15.2 Å². The highest BCUT2D eigenvalue weighted by atomic mass is 32.2. The molecule has 0 fully saturated rings. The Morgan fingerprint density at radius 2 is 1.66 bits per heavy atom. The second-order valence-corrected chi connectivity index (χ2v) is 9.02. The fourth-order valence-electron chi connectivity index (χ4n) is 3.65. The van der Waals surface area contributed by atoms with Gasteiger partial charge in [0.15, 0.2) is 11.6 Å². The van der Waals surface area contributed by atoms with Crippen molar-refractivity contribution < 1.29 is 23.0 Å². The van der Waals surface area contributed by atoms with Crippen molar-refractivity contribution in [2.45, 2.75) is 19.4 Å². The lowest BCUT2D eigenvalue weighted by molar-refractivity contribution is -0.117. The van der Waals surface area contributed by atoms with Crippen molar-refractivity contribution in [2.24, 2.45) is 5.73 Å². The van der Waals surface area contributed by atoms with Crippen LogP contribution in [0.25, 0.3) is 11.0 Å². The number of nitrogens with two attached hydrogens (primary N) is 1. The molecule has 11 nitrogen and oxygen atoms in total. The topological polar surface area (TPSA) is 152 Å². The van der Waals surface area contributed by atoms with Crippen LogP contribution in [-0.2, 0) is 16.1 Å². The zero-order chi connectivity index (χ0) is 27.2. The number of nitrogens with zero attached hydrogens (tertiary/aromatic N) is 3. The maximum atomic E-state index is 12.7. The first-order chi connectivity index (χ1) is 18.3. The molecule has 1 aromatic heterocycles. The Balaban J connectivity index is 1.82. The summed E-state index contributed by atoms with van der Waals surface area (Å²) in [7, 11) is 3.07. The van der Waals surface area contributed by atoms with Crippen molar-refractivity contribution in [2.75, 3.05) is 29.2 Å². The number of carbonyl (C=O) groups is 1. The molecule has 1 amide bonds. The molecule has 5 N–H and O–H groups in total. The molecule has 4 rings (SSSR count). The first-order valence-corrected chi connectivity index (χ1v) is 12.7. The zero-order valence-corrected chi connectivity index (χ0v) is 21.9. The third kappa shape index (κ3) is 5.99. The summed E-state index contributed by atoms with van der Waals surface area (Å²) in [5.74, 6) is 1.02. The number of nitrogens with one attached hydrogen (secondary N) is 2. The van der Waals surface area contributed by atoms with Crippen molar-refractivity contribution in [3.05, 3.63) is 66.7 Å². The number of benzene rings is 3. The SMILES string of the molecule is CC[C@H](N)C(=O)Nc1cccc(N(c2nc3ccccc3nc2Nc2cc(OC)cc(OC)c2)S(=O)O)c1. The van der Waals surface area contributed by atoms with E-state index in [1.807, 2.05) is 13.0 Å². The van der Waals surface area contributed by atoms with E-state index >= 15 is 0 Å². The molecule has 38 heavy (non-hydrogen) atoms. The average molecular weight is 537 g/mol. The van der Waals surface area contributed by atoms with Gasteiger partial charge in [-0.25, -0.2) is 18.5 Å². The lowest BCUT2D eigenvalue weighted by Crippen LogP contribution is -2.34. The molecule has 0 radical (unpaired) electrons. The largest absolute Gasteiger partial charge is 0.497 e.